The van der Waals surface area contributed by atoms with Crippen molar-refractivity contribution in [1.29, 1.82) is 0 Å². The number of carbonyl (C=O) groups excluding carboxylic acids is 1. The molecule has 2 heterocycles. The lowest BCUT2D eigenvalue weighted by molar-refractivity contribution is 0.0965. The minimum Gasteiger partial charge on any atom is -0.292 e. The highest BCUT2D eigenvalue weighted by molar-refractivity contribution is 5.97. The standard InChI is InChI=1S/C16H19N3O2/c1-12-7-4-5-8-13(12)14(20)11-19-16(21)18-10-6-2-3-9-15(18)17-19/h4-5,7-8H,2-3,6,9-11H2,1H3. The Bertz CT molecular complexity index is 727. The summed E-state index contributed by atoms with van der Waals surface area (Å²) in [5.74, 6) is 0.749. The summed E-state index contributed by atoms with van der Waals surface area (Å²) in [5.41, 5.74) is 1.43. The first-order valence-corrected chi connectivity index (χ1v) is 7.42. The number of hydrogen-bond donors (Lipinski definition) is 0. The molecule has 3 rings (SSSR count). The molecule has 1 aliphatic heterocycles. The van der Waals surface area contributed by atoms with E-state index in [1.165, 1.54) is 4.68 Å². The summed E-state index contributed by atoms with van der Waals surface area (Å²) in [7, 11) is 0. The molecular formula is C16H19N3O2. The lowest BCUT2D eigenvalue weighted by Crippen LogP contribution is -2.28. The fourth-order valence-electron chi connectivity index (χ4n) is 2.84. The van der Waals surface area contributed by atoms with Gasteiger partial charge in [-0.1, -0.05) is 30.7 Å². The van der Waals surface area contributed by atoms with Crippen LogP contribution in [0.3, 0.4) is 0 Å². The quantitative estimate of drug-likeness (QED) is 0.810. The van der Waals surface area contributed by atoms with Gasteiger partial charge in [0.05, 0.1) is 0 Å². The molecule has 0 fully saturated rings. The van der Waals surface area contributed by atoms with Gasteiger partial charge in [-0.05, 0) is 25.3 Å². The normalized spacial score (nSPS) is 14.5. The Balaban J connectivity index is 1.88. The van der Waals surface area contributed by atoms with Gasteiger partial charge in [0.2, 0.25) is 0 Å². The maximum Gasteiger partial charge on any atom is 0.346 e. The average Bonchev–Trinajstić information content (AvgIpc) is 2.66. The summed E-state index contributed by atoms with van der Waals surface area (Å²) in [6.45, 7) is 2.63. The smallest absolute Gasteiger partial charge is 0.292 e. The van der Waals surface area contributed by atoms with E-state index in [1.54, 1.807) is 10.6 Å². The molecule has 2 aromatic rings. The molecule has 110 valence electrons. The van der Waals surface area contributed by atoms with Gasteiger partial charge < -0.3 is 0 Å². The molecule has 0 atom stereocenters. The van der Waals surface area contributed by atoms with E-state index in [2.05, 4.69) is 5.10 Å². The molecule has 0 saturated carbocycles. The number of aryl methyl sites for hydroxylation is 2. The molecule has 21 heavy (non-hydrogen) atoms. The monoisotopic (exact) mass is 285 g/mol. The molecule has 1 aromatic heterocycles. The summed E-state index contributed by atoms with van der Waals surface area (Å²) in [6, 6.07) is 7.44. The van der Waals surface area contributed by atoms with Gasteiger partial charge >= 0.3 is 5.69 Å². The third-order valence-electron chi connectivity index (χ3n) is 4.02. The molecule has 0 aliphatic carbocycles. The summed E-state index contributed by atoms with van der Waals surface area (Å²) in [5, 5.41) is 4.35. The van der Waals surface area contributed by atoms with Crippen molar-refractivity contribution in [3.8, 4) is 0 Å². The van der Waals surface area contributed by atoms with Gasteiger partial charge in [-0.25, -0.2) is 9.48 Å². The van der Waals surface area contributed by atoms with Gasteiger partial charge in [0.1, 0.15) is 12.4 Å². The van der Waals surface area contributed by atoms with Crippen molar-refractivity contribution in [3.05, 3.63) is 51.7 Å². The lowest BCUT2D eigenvalue weighted by Gasteiger charge is -2.04. The highest BCUT2D eigenvalue weighted by Crippen LogP contribution is 2.11. The van der Waals surface area contributed by atoms with Crippen molar-refractivity contribution < 1.29 is 4.79 Å². The topological polar surface area (TPSA) is 56.9 Å². The summed E-state index contributed by atoms with van der Waals surface area (Å²) in [4.78, 5) is 24.7. The second-order valence-corrected chi connectivity index (χ2v) is 5.56. The van der Waals surface area contributed by atoms with Crippen LogP contribution in [0.1, 0.15) is 41.0 Å². The first-order valence-electron chi connectivity index (χ1n) is 7.42. The molecule has 5 heteroatoms. The van der Waals surface area contributed by atoms with Crippen molar-refractivity contribution in [3.63, 3.8) is 0 Å². The first kappa shape index (κ1) is 13.8. The molecule has 1 aromatic carbocycles. The minimum absolute atomic E-state index is 0.0175. The lowest BCUT2D eigenvalue weighted by atomic mass is 10.1. The van der Waals surface area contributed by atoms with Crippen LogP contribution in [0.15, 0.2) is 29.1 Å². The van der Waals surface area contributed by atoms with Crippen LogP contribution < -0.4 is 5.69 Å². The molecule has 0 saturated heterocycles. The molecule has 0 spiro atoms. The van der Waals surface area contributed by atoms with Crippen molar-refractivity contribution in [1.82, 2.24) is 14.3 Å². The zero-order valence-corrected chi connectivity index (χ0v) is 12.2. The van der Waals surface area contributed by atoms with E-state index >= 15 is 0 Å². The number of benzene rings is 1. The molecule has 1 aliphatic rings. The highest BCUT2D eigenvalue weighted by Gasteiger charge is 2.18. The molecular weight excluding hydrogens is 266 g/mol. The number of ketones is 1. The zero-order valence-electron chi connectivity index (χ0n) is 12.2. The Labute approximate surface area is 123 Å². The van der Waals surface area contributed by atoms with E-state index in [0.717, 1.165) is 37.1 Å². The molecule has 0 N–H and O–H groups in total. The Morgan fingerprint density at radius 2 is 2.05 bits per heavy atom. The average molecular weight is 285 g/mol. The van der Waals surface area contributed by atoms with Gasteiger partial charge in [0.15, 0.2) is 5.78 Å². The van der Waals surface area contributed by atoms with Crippen molar-refractivity contribution in [2.75, 3.05) is 0 Å². The SMILES string of the molecule is Cc1ccccc1C(=O)Cn1nc2n(c1=O)CCCCC2. The van der Waals surface area contributed by atoms with Crippen LogP contribution in [-0.2, 0) is 19.5 Å². The number of Topliss-reactive ketones (excluding diaryl/α,β-unsaturated/α-hetero) is 1. The highest BCUT2D eigenvalue weighted by atomic mass is 16.2. The van der Waals surface area contributed by atoms with Crippen LogP contribution in [0.2, 0.25) is 0 Å². The Hall–Kier alpha value is -2.17. The van der Waals surface area contributed by atoms with Crippen LogP contribution in [0.4, 0.5) is 0 Å². The minimum atomic E-state index is -0.158. The van der Waals surface area contributed by atoms with E-state index in [0.29, 0.717) is 12.1 Å². The first-order chi connectivity index (χ1) is 10.2. The zero-order chi connectivity index (χ0) is 14.8. The van der Waals surface area contributed by atoms with Gasteiger partial charge in [-0.15, -0.1) is 0 Å². The number of carbonyl (C=O) groups is 1. The van der Waals surface area contributed by atoms with E-state index < -0.39 is 0 Å². The fourth-order valence-corrected chi connectivity index (χ4v) is 2.84. The number of fused-ring (bicyclic) bond motifs is 1. The molecule has 0 bridgehead atoms. The predicted molar refractivity (Wildman–Crippen MR) is 79.6 cm³/mol. The third-order valence-corrected chi connectivity index (χ3v) is 4.02. The fraction of sp³-hybridized carbons (Fsp3) is 0.438. The third kappa shape index (κ3) is 2.68. The van der Waals surface area contributed by atoms with Crippen LogP contribution in [0, 0.1) is 6.92 Å². The predicted octanol–water partition coefficient (Wildman–Crippen LogP) is 1.96. The Morgan fingerprint density at radius 3 is 2.86 bits per heavy atom. The Kier molecular flexibility index (Phi) is 3.73. The second kappa shape index (κ2) is 5.68. The number of rotatable bonds is 3. The summed E-state index contributed by atoms with van der Waals surface area (Å²) >= 11 is 0. The van der Waals surface area contributed by atoms with Crippen molar-refractivity contribution in [2.24, 2.45) is 0 Å². The largest absolute Gasteiger partial charge is 0.346 e. The van der Waals surface area contributed by atoms with E-state index in [1.807, 2.05) is 25.1 Å². The van der Waals surface area contributed by atoms with Crippen LogP contribution in [0.25, 0.3) is 0 Å². The molecule has 0 unspecified atom stereocenters. The van der Waals surface area contributed by atoms with Gasteiger partial charge in [-0.3, -0.25) is 9.36 Å². The summed E-state index contributed by atoms with van der Waals surface area (Å²) in [6.07, 6.45) is 4.01. The molecule has 0 amide bonds. The number of hydrogen-bond acceptors (Lipinski definition) is 3. The maximum absolute atomic E-state index is 12.4. The summed E-state index contributed by atoms with van der Waals surface area (Å²) < 4.78 is 3.04. The molecule has 5 nitrogen and oxygen atoms in total. The van der Waals surface area contributed by atoms with E-state index in [9.17, 15) is 9.59 Å². The van der Waals surface area contributed by atoms with E-state index in [4.69, 9.17) is 0 Å². The van der Waals surface area contributed by atoms with Crippen LogP contribution >= 0.6 is 0 Å². The second-order valence-electron chi connectivity index (χ2n) is 5.56. The maximum atomic E-state index is 12.4. The number of nitrogens with zero attached hydrogens (tertiary/aromatic N) is 3. The number of aromatic nitrogens is 3. The van der Waals surface area contributed by atoms with Crippen LogP contribution in [0.5, 0.6) is 0 Å². The van der Waals surface area contributed by atoms with E-state index in [-0.39, 0.29) is 18.0 Å². The van der Waals surface area contributed by atoms with Gasteiger partial charge in [-0.2, -0.15) is 5.10 Å². The van der Waals surface area contributed by atoms with Crippen LogP contribution in [-0.4, -0.2) is 20.1 Å². The van der Waals surface area contributed by atoms with Gasteiger partial charge in [0.25, 0.3) is 0 Å². The molecule has 0 radical (unpaired) electrons. The van der Waals surface area contributed by atoms with Crippen molar-refractivity contribution >= 4 is 5.78 Å². The van der Waals surface area contributed by atoms with Gasteiger partial charge in [0, 0.05) is 18.5 Å². The van der Waals surface area contributed by atoms with Crippen molar-refractivity contribution in [2.45, 2.75) is 45.7 Å². The Morgan fingerprint density at radius 1 is 1.24 bits per heavy atom.